The zero-order valence-electron chi connectivity index (χ0n) is 8.59. The van der Waals surface area contributed by atoms with Crippen LogP contribution in [0.1, 0.15) is 12.8 Å². The first kappa shape index (κ1) is 11.2. The molecule has 0 aromatic carbocycles. The van der Waals surface area contributed by atoms with E-state index in [-0.39, 0.29) is 0 Å². The maximum absolute atomic E-state index is 10.5. The van der Waals surface area contributed by atoms with Crippen molar-refractivity contribution in [1.82, 2.24) is 0 Å². The van der Waals surface area contributed by atoms with Gasteiger partial charge in [0.1, 0.15) is 6.04 Å². The zero-order valence-corrected chi connectivity index (χ0v) is 9.41. The molecule has 4 atom stereocenters. The lowest BCUT2D eigenvalue weighted by molar-refractivity contribution is -0.137. The molecule has 1 saturated heterocycles. The summed E-state index contributed by atoms with van der Waals surface area (Å²) in [6, 6.07) is -0.742. The number of fused-ring (bicyclic) bond motifs is 1. The number of thioether (sulfide) groups is 1. The summed E-state index contributed by atoms with van der Waals surface area (Å²) in [5.41, 5.74) is 5.42. The molecule has 4 unspecified atom stereocenters. The topological polar surface area (TPSA) is 72.5 Å². The Morgan fingerprint density at radius 2 is 2.47 bits per heavy atom. The molecule has 4 nitrogen and oxygen atoms in total. The van der Waals surface area contributed by atoms with Crippen LogP contribution >= 0.6 is 11.8 Å². The molecular formula is C10H17NO3S. The Kier molecular flexibility index (Phi) is 3.53. The highest BCUT2D eigenvalue weighted by molar-refractivity contribution is 7.99. The predicted molar refractivity (Wildman–Crippen MR) is 58.9 cm³/mol. The monoisotopic (exact) mass is 231 g/mol. The Hall–Kier alpha value is -0.260. The highest BCUT2D eigenvalue weighted by atomic mass is 32.2. The molecule has 2 aliphatic rings. The van der Waals surface area contributed by atoms with E-state index in [1.807, 2.05) is 0 Å². The van der Waals surface area contributed by atoms with Gasteiger partial charge in [-0.1, -0.05) is 0 Å². The van der Waals surface area contributed by atoms with Crippen LogP contribution in [-0.2, 0) is 9.53 Å². The molecule has 1 aliphatic carbocycles. The fraction of sp³-hybridized carbons (Fsp3) is 0.900. The summed E-state index contributed by atoms with van der Waals surface area (Å²) in [6.45, 7) is 0.872. The minimum Gasteiger partial charge on any atom is -0.480 e. The summed E-state index contributed by atoms with van der Waals surface area (Å²) in [5.74, 6) is 2.08. The summed E-state index contributed by atoms with van der Waals surface area (Å²) in [6.07, 6.45) is 2.85. The minimum absolute atomic E-state index is 0.342. The normalized spacial score (nSPS) is 35.7. The van der Waals surface area contributed by atoms with E-state index in [4.69, 9.17) is 15.6 Å². The van der Waals surface area contributed by atoms with Crippen LogP contribution in [0, 0.1) is 11.8 Å². The molecule has 86 valence electrons. The fourth-order valence-electron chi connectivity index (χ4n) is 2.11. The van der Waals surface area contributed by atoms with Gasteiger partial charge < -0.3 is 15.6 Å². The lowest BCUT2D eigenvalue weighted by Gasteiger charge is -2.22. The number of carboxylic acids is 1. The van der Waals surface area contributed by atoms with E-state index in [1.54, 1.807) is 11.8 Å². The van der Waals surface area contributed by atoms with Crippen molar-refractivity contribution in [2.24, 2.45) is 17.6 Å². The molecule has 1 heterocycles. The van der Waals surface area contributed by atoms with Crippen molar-refractivity contribution in [3.63, 3.8) is 0 Å². The third kappa shape index (κ3) is 2.86. The van der Waals surface area contributed by atoms with E-state index in [0.29, 0.717) is 11.9 Å². The van der Waals surface area contributed by atoms with E-state index >= 15 is 0 Å². The summed E-state index contributed by atoms with van der Waals surface area (Å²) >= 11 is 1.60. The van der Waals surface area contributed by atoms with Gasteiger partial charge in [0.15, 0.2) is 0 Å². The maximum atomic E-state index is 10.5. The highest BCUT2D eigenvalue weighted by Crippen LogP contribution is 2.48. The van der Waals surface area contributed by atoms with Crippen molar-refractivity contribution >= 4 is 17.7 Å². The third-order valence-corrected chi connectivity index (χ3v) is 4.33. The Bertz CT molecular complexity index is 249. The van der Waals surface area contributed by atoms with Gasteiger partial charge in [0.05, 0.1) is 6.10 Å². The van der Waals surface area contributed by atoms with Gasteiger partial charge in [-0.15, -0.1) is 0 Å². The van der Waals surface area contributed by atoms with Crippen LogP contribution < -0.4 is 5.73 Å². The zero-order chi connectivity index (χ0) is 10.8. The van der Waals surface area contributed by atoms with Crippen LogP contribution in [0.2, 0.25) is 0 Å². The predicted octanol–water partition coefficient (Wildman–Crippen LogP) is 0.556. The average molecular weight is 231 g/mol. The van der Waals surface area contributed by atoms with Crippen molar-refractivity contribution in [3.8, 4) is 0 Å². The first-order chi connectivity index (χ1) is 7.18. The van der Waals surface area contributed by atoms with Crippen molar-refractivity contribution < 1.29 is 14.6 Å². The number of hydrogen-bond acceptors (Lipinski definition) is 4. The van der Waals surface area contributed by atoms with E-state index in [0.717, 1.165) is 24.2 Å². The number of carboxylic acid groups (broad SMARTS) is 1. The Morgan fingerprint density at radius 1 is 1.67 bits per heavy atom. The van der Waals surface area contributed by atoms with Gasteiger partial charge in [-0.25, -0.2) is 0 Å². The SMILES string of the molecule is NC(CSCC1OCCC2CC21)C(=O)O. The van der Waals surface area contributed by atoms with Gasteiger partial charge in [0.2, 0.25) is 0 Å². The average Bonchev–Trinajstić information content (AvgIpc) is 2.97. The molecule has 2 fully saturated rings. The van der Waals surface area contributed by atoms with E-state index in [9.17, 15) is 4.79 Å². The molecular weight excluding hydrogens is 214 g/mol. The second-order valence-corrected chi connectivity index (χ2v) is 5.41. The number of rotatable bonds is 5. The van der Waals surface area contributed by atoms with Gasteiger partial charge >= 0.3 is 5.97 Å². The van der Waals surface area contributed by atoms with Gasteiger partial charge in [0.25, 0.3) is 0 Å². The standard InChI is InChI=1S/C10H17NO3S/c11-8(10(12)13)4-15-5-9-7-3-6(7)1-2-14-9/h6-9H,1-5,11H2,(H,12,13). The molecule has 2 rings (SSSR count). The lowest BCUT2D eigenvalue weighted by Crippen LogP contribution is -2.33. The van der Waals surface area contributed by atoms with E-state index in [1.165, 1.54) is 12.8 Å². The molecule has 5 heteroatoms. The van der Waals surface area contributed by atoms with Crippen LogP contribution in [-0.4, -0.2) is 41.3 Å². The van der Waals surface area contributed by atoms with Crippen LogP contribution in [0.5, 0.6) is 0 Å². The summed E-state index contributed by atoms with van der Waals surface area (Å²) in [7, 11) is 0. The highest BCUT2D eigenvalue weighted by Gasteiger charge is 2.45. The quantitative estimate of drug-likeness (QED) is 0.723. The number of aliphatic carboxylic acids is 1. The molecule has 15 heavy (non-hydrogen) atoms. The number of hydrogen-bond donors (Lipinski definition) is 2. The summed E-state index contributed by atoms with van der Waals surface area (Å²) in [4.78, 5) is 10.5. The molecule has 0 aromatic heterocycles. The number of ether oxygens (including phenoxy) is 1. The molecule has 0 amide bonds. The smallest absolute Gasteiger partial charge is 0.321 e. The maximum Gasteiger partial charge on any atom is 0.321 e. The summed E-state index contributed by atoms with van der Waals surface area (Å²) in [5, 5.41) is 8.61. The molecule has 0 radical (unpaired) electrons. The molecule has 0 aromatic rings. The Morgan fingerprint density at radius 3 is 3.20 bits per heavy atom. The molecule has 3 N–H and O–H groups in total. The van der Waals surface area contributed by atoms with Gasteiger partial charge in [-0.05, 0) is 24.7 Å². The molecule has 0 spiro atoms. The number of nitrogens with two attached hydrogens (primary N) is 1. The van der Waals surface area contributed by atoms with Crippen molar-refractivity contribution in [2.75, 3.05) is 18.1 Å². The van der Waals surface area contributed by atoms with Crippen LogP contribution in [0.3, 0.4) is 0 Å². The first-order valence-electron chi connectivity index (χ1n) is 5.36. The van der Waals surface area contributed by atoms with Crippen LogP contribution in [0.15, 0.2) is 0 Å². The lowest BCUT2D eigenvalue weighted by atomic mass is 10.1. The van der Waals surface area contributed by atoms with Crippen LogP contribution in [0.25, 0.3) is 0 Å². The molecule has 1 saturated carbocycles. The second kappa shape index (κ2) is 4.72. The Labute approximate surface area is 93.5 Å². The molecule has 1 aliphatic heterocycles. The third-order valence-electron chi connectivity index (χ3n) is 3.17. The second-order valence-electron chi connectivity index (χ2n) is 4.34. The van der Waals surface area contributed by atoms with Crippen molar-refractivity contribution in [1.29, 1.82) is 0 Å². The van der Waals surface area contributed by atoms with E-state index < -0.39 is 12.0 Å². The largest absolute Gasteiger partial charge is 0.480 e. The van der Waals surface area contributed by atoms with Crippen molar-refractivity contribution in [2.45, 2.75) is 25.0 Å². The fourth-order valence-corrected chi connectivity index (χ4v) is 3.22. The summed E-state index contributed by atoms with van der Waals surface area (Å²) < 4.78 is 5.67. The number of carbonyl (C=O) groups is 1. The molecule has 0 bridgehead atoms. The van der Waals surface area contributed by atoms with Crippen LogP contribution in [0.4, 0.5) is 0 Å². The van der Waals surface area contributed by atoms with E-state index in [2.05, 4.69) is 0 Å². The Balaban J connectivity index is 1.63. The van der Waals surface area contributed by atoms with Gasteiger partial charge in [0, 0.05) is 18.1 Å². The first-order valence-corrected chi connectivity index (χ1v) is 6.51. The van der Waals surface area contributed by atoms with Gasteiger partial charge in [-0.3, -0.25) is 4.79 Å². The van der Waals surface area contributed by atoms with Gasteiger partial charge in [-0.2, -0.15) is 11.8 Å². The van der Waals surface area contributed by atoms with Crippen molar-refractivity contribution in [3.05, 3.63) is 0 Å². The minimum atomic E-state index is -0.920.